The molecule has 2 amide bonds. The molecule has 1 aliphatic heterocycles. The molecular weight excluding hydrogens is 482 g/mol. The molecule has 0 spiro atoms. The van der Waals surface area contributed by atoms with Gasteiger partial charge in [0.15, 0.2) is 0 Å². The van der Waals surface area contributed by atoms with Gasteiger partial charge >= 0.3 is 0 Å². The molecule has 0 fully saturated rings. The number of ether oxygens (including phenoxy) is 1. The number of benzene rings is 2. The Morgan fingerprint density at radius 2 is 1.89 bits per heavy atom. The maximum atomic E-state index is 13.8. The second-order valence-electron chi connectivity index (χ2n) is 9.34. The van der Waals surface area contributed by atoms with Gasteiger partial charge < -0.3 is 14.5 Å². The lowest BCUT2D eigenvalue weighted by Crippen LogP contribution is -2.48. The molecule has 0 saturated carbocycles. The molecule has 1 aliphatic rings. The molecule has 2 heterocycles. The number of rotatable bonds is 9. The third kappa shape index (κ3) is 6.29. The predicted octanol–water partition coefficient (Wildman–Crippen LogP) is 5.72. The van der Waals surface area contributed by atoms with Crippen LogP contribution in [0.3, 0.4) is 0 Å². The van der Waals surface area contributed by atoms with E-state index in [0.29, 0.717) is 24.8 Å². The summed E-state index contributed by atoms with van der Waals surface area (Å²) in [6, 6.07) is 13.0. The number of hydrogen-bond acceptors (Lipinski definition) is 4. The molecule has 36 heavy (non-hydrogen) atoms. The zero-order chi connectivity index (χ0) is 25.7. The summed E-state index contributed by atoms with van der Waals surface area (Å²) < 4.78 is 33.0. The highest BCUT2D eigenvalue weighted by Gasteiger charge is 2.33. The Kier molecular flexibility index (Phi) is 8.36. The predicted molar refractivity (Wildman–Crippen MR) is 136 cm³/mol. The van der Waals surface area contributed by atoms with Crippen LogP contribution in [0.2, 0.25) is 0 Å². The van der Waals surface area contributed by atoms with Crippen LogP contribution in [0, 0.1) is 17.6 Å². The first-order valence-electron chi connectivity index (χ1n) is 12.1. The molecule has 4 rings (SSSR count). The van der Waals surface area contributed by atoms with Crippen molar-refractivity contribution in [1.29, 1.82) is 0 Å². The fourth-order valence-corrected chi connectivity index (χ4v) is 5.23. The van der Waals surface area contributed by atoms with E-state index in [-0.39, 0.29) is 42.4 Å². The lowest BCUT2D eigenvalue weighted by molar-refractivity contribution is -0.135. The molecule has 0 saturated heterocycles. The topological polar surface area (TPSA) is 49.9 Å². The van der Waals surface area contributed by atoms with Crippen LogP contribution in [-0.2, 0) is 11.2 Å². The minimum atomic E-state index is -0.491. The fraction of sp³-hybridized carbons (Fsp3) is 0.357. The maximum Gasteiger partial charge on any atom is 0.254 e. The highest BCUT2D eigenvalue weighted by atomic mass is 32.1. The van der Waals surface area contributed by atoms with Crippen LogP contribution < -0.4 is 4.74 Å². The first kappa shape index (κ1) is 25.8. The standard InChI is InChI=1S/C28H30F2N2O3S/c1-19(2)10-13-31(28(34)20-4-3-5-22(30)16-20)17-27(33)32-14-11-26-24(12-15-36-26)25(32)18-35-23-8-6-21(29)7-9-23/h3-9,12,15-16,19,25H,10-11,13-14,17-18H2,1-2H3/t25-/m0/s1. The smallest absolute Gasteiger partial charge is 0.254 e. The number of carbonyl (C=O) groups is 2. The normalized spacial score (nSPS) is 15.0. The second-order valence-corrected chi connectivity index (χ2v) is 10.3. The van der Waals surface area contributed by atoms with Crippen LogP contribution in [0.1, 0.15) is 47.1 Å². The summed E-state index contributed by atoms with van der Waals surface area (Å²) in [5.74, 6) is -0.533. The van der Waals surface area contributed by atoms with Gasteiger partial charge in [-0.05, 0) is 78.2 Å². The zero-order valence-corrected chi connectivity index (χ0v) is 21.3. The van der Waals surface area contributed by atoms with Gasteiger partial charge in [0.1, 0.15) is 30.5 Å². The molecule has 8 heteroatoms. The molecule has 0 radical (unpaired) electrons. The van der Waals surface area contributed by atoms with Gasteiger partial charge in [0, 0.05) is 23.5 Å². The summed E-state index contributed by atoms with van der Waals surface area (Å²) in [4.78, 5) is 31.3. The highest BCUT2D eigenvalue weighted by Crippen LogP contribution is 2.34. The van der Waals surface area contributed by atoms with E-state index >= 15 is 0 Å². The van der Waals surface area contributed by atoms with E-state index in [1.807, 2.05) is 11.4 Å². The Bertz CT molecular complexity index is 1200. The van der Waals surface area contributed by atoms with E-state index < -0.39 is 5.82 Å². The first-order chi connectivity index (χ1) is 17.3. The van der Waals surface area contributed by atoms with Gasteiger partial charge in [-0.3, -0.25) is 9.59 Å². The van der Waals surface area contributed by atoms with Gasteiger partial charge in [-0.25, -0.2) is 8.78 Å². The van der Waals surface area contributed by atoms with Crippen molar-refractivity contribution in [3.05, 3.63) is 87.6 Å². The summed E-state index contributed by atoms with van der Waals surface area (Å²) in [5.41, 5.74) is 1.26. The average molecular weight is 513 g/mol. The van der Waals surface area contributed by atoms with Crippen molar-refractivity contribution in [2.75, 3.05) is 26.2 Å². The van der Waals surface area contributed by atoms with E-state index in [0.717, 1.165) is 18.4 Å². The van der Waals surface area contributed by atoms with Crippen molar-refractivity contribution in [3.8, 4) is 5.75 Å². The Balaban J connectivity index is 1.53. The summed E-state index contributed by atoms with van der Waals surface area (Å²) in [7, 11) is 0. The van der Waals surface area contributed by atoms with E-state index in [9.17, 15) is 18.4 Å². The molecule has 0 unspecified atom stereocenters. The molecule has 1 aromatic heterocycles. The molecule has 5 nitrogen and oxygen atoms in total. The number of carbonyl (C=O) groups excluding carboxylic acids is 2. The summed E-state index contributed by atoms with van der Waals surface area (Å²) in [5, 5.41) is 2.01. The van der Waals surface area contributed by atoms with Gasteiger partial charge in [0.25, 0.3) is 5.91 Å². The van der Waals surface area contributed by atoms with Crippen LogP contribution in [0.15, 0.2) is 60.0 Å². The maximum absolute atomic E-state index is 13.8. The summed E-state index contributed by atoms with van der Waals surface area (Å²) in [6.45, 7) is 5.12. The molecular formula is C28H30F2N2O3S. The zero-order valence-electron chi connectivity index (χ0n) is 20.5. The molecule has 2 aromatic carbocycles. The summed E-state index contributed by atoms with van der Waals surface area (Å²) in [6.07, 6.45) is 1.45. The van der Waals surface area contributed by atoms with E-state index in [2.05, 4.69) is 13.8 Å². The lowest BCUT2D eigenvalue weighted by Gasteiger charge is -2.37. The van der Waals surface area contributed by atoms with Crippen molar-refractivity contribution in [3.63, 3.8) is 0 Å². The van der Waals surface area contributed by atoms with E-state index in [1.54, 1.807) is 34.4 Å². The average Bonchev–Trinajstić information content (AvgIpc) is 3.34. The molecule has 0 N–H and O–H groups in total. The number of hydrogen-bond donors (Lipinski definition) is 0. The lowest BCUT2D eigenvalue weighted by atomic mass is 10.00. The fourth-order valence-electron chi connectivity index (χ4n) is 4.31. The monoisotopic (exact) mass is 512 g/mol. The molecule has 190 valence electrons. The largest absolute Gasteiger partial charge is 0.491 e. The third-order valence-corrected chi connectivity index (χ3v) is 7.29. The molecule has 3 aromatic rings. The molecule has 1 atom stereocenters. The highest BCUT2D eigenvalue weighted by molar-refractivity contribution is 7.10. The Labute approximate surface area is 214 Å². The van der Waals surface area contributed by atoms with Gasteiger partial charge in [-0.2, -0.15) is 0 Å². The van der Waals surface area contributed by atoms with Gasteiger partial charge in [-0.15, -0.1) is 11.3 Å². The van der Waals surface area contributed by atoms with Gasteiger partial charge in [0.2, 0.25) is 5.91 Å². The minimum absolute atomic E-state index is 0.103. The van der Waals surface area contributed by atoms with Gasteiger partial charge in [0.05, 0.1) is 6.04 Å². The third-order valence-electron chi connectivity index (χ3n) is 6.30. The number of nitrogens with zero attached hydrogens (tertiary/aromatic N) is 2. The Morgan fingerprint density at radius 3 is 2.61 bits per heavy atom. The number of thiophene rings is 1. The van der Waals surface area contributed by atoms with Crippen molar-refractivity contribution in [2.45, 2.75) is 32.7 Å². The number of fused-ring (bicyclic) bond motifs is 1. The van der Waals surface area contributed by atoms with Crippen LogP contribution in [-0.4, -0.2) is 47.9 Å². The summed E-state index contributed by atoms with van der Waals surface area (Å²) >= 11 is 1.65. The second kappa shape index (κ2) is 11.6. The SMILES string of the molecule is CC(C)CCN(CC(=O)N1CCc2sccc2[C@@H]1COc1ccc(F)cc1)C(=O)c1cccc(F)c1. The van der Waals surface area contributed by atoms with Crippen LogP contribution >= 0.6 is 11.3 Å². The quantitative estimate of drug-likeness (QED) is 0.369. The Hall–Kier alpha value is -3.26. The van der Waals surface area contributed by atoms with E-state index in [1.165, 1.54) is 40.1 Å². The van der Waals surface area contributed by atoms with Crippen molar-refractivity contribution in [1.82, 2.24) is 9.80 Å². The Morgan fingerprint density at radius 1 is 1.11 bits per heavy atom. The van der Waals surface area contributed by atoms with Crippen LogP contribution in [0.5, 0.6) is 5.75 Å². The molecule has 0 bridgehead atoms. The van der Waals surface area contributed by atoms with E-state index in [4.69, 9.17) is 4.74 Å². The number of amides is 2. The van der Waals surface area contributed by atoms with Crippen molar-refractivity contribution >= 4 is 23.2 Å². The van der Waals surface area contributed by atoms with Crippen LogP contribution in [0.25, 0.3) is 0 Å². The van der Waals surface area contributed by atoms with Crippen LogP contribution in [0.4, 0.5) is 8.78 Å². The van der Waals surface area contributed by atoms with Gasteiger partial charge in [-0.1, -0.05) is 19.9 Å². The number of halogens is 2. The molecule has 0 aliphatic carbocycles. The van der Waals surface area contributed by atoms with Crippen molar-refractivity contribution in [2.24, 2.45) is 5.92 Å². The first-order valence-corrected chi connectivity index (χ1v) is 13.0. The minimum Gasteiger partial charge on any atom is -0.491 e. The van der Waals surface area contributed by atoms with Crippen molar-refractivity contribution < 1.29 is 23.1 Å².